The number of anilines is 1. The van der Waals surface area contributed by atoms with Gasteiger partial charge in [-0.3, -0.25) is 4.31 Å². The second-order valence-electron chi connectivity index (χ2n) is 5.61. The van der Waals surface area contributed by atoms with Crippen molar-refractivity contribution in [1.29, 1.82) is 0 Å². The number of hydrogen-bond donors (Lipinski definition) is 0. The van der Waals surface area contributed by atoms with Gasteiger partial charge in [0.2, 0.25) is 10.0 Å². The SMILES string of the molecule is Cc1ccccc1CS(=O)(=O)N1c2ccccc2OCC1C. The fourth-order valence-electron chi connectivity index (χ4n) is 2.74. The monoisotopic (exact) mass is 317 g/mol. The van der Waals surface area contributed by atoms with Crippen molar-refractivity contribution in [3.8, 4) is 5.75 Å². The molecule has 1 atom stereocenters. The van der Waals surface area contributed by atoms with E-state index in [1.165, 1.54) is 4.31 Å². The quantitative estimate of drug-likeness (QED) is 0.874. The van der Waals surface area contributed by atoms with Crippen molar-refractivity contribution < 1.29 is 13.2 Å². The Morgan fingerprint density at radius 3 is 2.59 bits per heavy atom. The van der Waals surface area contributed by atoms with Crippen molar-refractivity contribution in [3.63, 3.8) is 0 Å². The summed E-state index contributed by atoms with van der Waals surface area (Å²) in [7, 11) is -3.47. The molecule has 4 nitrogen and oxygen atoms in total. The fraction of sp³-hybridized carbons (Fsp3) is 0.294. The van der Waals surface area contributed by atoms with Gasteiger partial charge in [0.25, 0.3) is 0 Å². The molecule has 1 aliphatic heterocycles. The highest BCUT2D eigenvalue weighted by atomic mass is 32.2. The standard InChI is InChI=1S/C17H19NO3S/c1-13-7-3-4-8-15(13)12-22(19,20)18-14(2)11-21-17-10-6-5-9-16(17)18/h3-10,14H,11-12H2,1-2H3. The van der Waals surface area contributed by atoms with Crippen LogP contribution < -0.4 is 9.04 Å². The Labute approximate surface area is 131 Å². The van der Waals surface area contributed by atoms with Crippen LogP contribution in [0.15, 0.2) is 48.5 Å². The normalized spacial score (nSPS) is 17.7. The maximum atomic E-state index is 13.0. The lowest BCUT2D eigenvalue weighted by atomic mass is 10.1. The van der Waals surface area contributed by atoms with E-state index in [-0.39, 0.29) is 11.8 Å². The number of aryl methyl sites for hydroxylation is 1. The maximum Gasteiger partial charge on any atom is 0.239 e. The highest BCUT2D eigenvalue weighted by Gasteiger charge is 2.33. The predicted octanol–water partition coefficient (Wildman–Crippen LogP) is 3.11. The molecule has 0 bridgehead atoms. The lowest BCUT2D eigenvalue weighted by Gasteiger charge is -2.35. The van der Waals surface area contributed by atoms with Crippen molar-refractivity contribution in [2.24, 2.45) is 0 Å². The summed E-state index contributed by atoms with van der Waals surface area (Å²) in [6, 6.07) is 14.6. The maximum absolute atomic E-state index is 13.0. The van der Waals surface area contributed by atoms with Gasteiger partial charge < -0.3 is 4.74 Å². The second kappa shape index (κ2) is 5.65. The number of fused-ring (bicyclic) bond motifs is 1. The summed E-state index contributed by atoms with van der Waals surface area (Å²) in [6.45, 7) is 4.16. The van der Waals surface area contributed by atoms with E-state index < -0.39 is 10.0 Å². The van der Waals surface area contributed by atoms with Crippen LogP contribution in [0.5, 0.6) is 5.75 Å². The zero-order valence-electron chi connectivity index (χ0n) is 12.7. The van der Waals surface area contributed by atoms with Crippen LogP contribution in [0.25, 0.3) is 0 Å². The molecule has 1 unspecified atom stereocenters. The van der Waals surface area contributed by atoms with Crippen LogP contribution in [0.1, 0.15) is 18.1 Å². The second-order valence-corrected chi connectivity index (χ2v) is 7.45. The molecule has 5 heteroatoms. The molecule has 3 rings (SSSR count). The minimum atomic E-state index is -3.47. The average molecular weight is 317 g/mol. The Kier molecular flexibility index (Phi) is 3.83. The van der Waals surface area contributed by atoms with Crippen LogP contribution in [-0.4, -0.2) is 21.1 Å². The van der Waals surface area contributed by atoms with Gasteiger partial charge in [0.05, 0.1) is 17.5 Å². The molecule has 0 N–H and O–H groups in total. The molecule has 116 valence electrons. The average Bonchev–Trinajstić information content (AvgIpc) is 2.49. The van der Waals surface area contributed by atoms with E-state index in [0.717, 1.165) is 11.1 Å². The summed E-state index contributed by atoms with van der Waals surface area (Å²) >= 11 is 0. The Morgan fingerprint density at radius 1 is 1.14 bits per heavy atom. The van der Waals surface area contributed by atoms with E-state index in [0.29, 0.717) is 18.0 Å². The summed E-state index contributed by atoms with van der Waals surface area (Å²) in [5.74, 6) is 0.618. The molecular weight excluding hydrogens is 298 g/mol. The summed E-state index contributed by atoms with van der Waals surface area (Å²) < 4.78 is 33.0. The fourth-order valence-corrected chi connectivity index (χ4v) is 4.65. The van der Waals surface area contributed by atoms with Crippen LogP contribution in [0.2, 0.25) is 0 Å². The molecule has 0 saturated heterocycles. The molecule has 0 aliphatic carbocycles. The van der Waals surface area contributed by atoms with Gasteiger partial charge in [0.1, 0.15) is 12.4 Å². The number of ether oxygens (including phenoxy) is 1. The third kappa shape index (κ3) is 2.68. The molecule has 0 radical (unpaired) electrons. The number of rotatable bonds is 3. The Hall–Kier alpha value is -2.01. The molecule has 0 aromatic heterocycles. The smallest absolute Gasteiger partial charge is 0.239 e. The summed E-state index contributed by atoms with van der Waals surface area (Å²) in [6.07, 6.45) is 0. The van der Waals surface area contributed by atoms with Gasteiger partial charge in [-0.15, -0.1) is 0 Å². The number of para-hydroxylation sites is 2. The van der Waals surface area contributed by atoms with Crippen molar-refractivity contribution in [2.75, 3.05) is 10.9 Å². The number of nitrogens with zero attached hydrogens (tertiary/aromatic N) is 1. The number of benzene rings is 2. The molecule has 2 aromatic carbocycles. The van der Waals surface area contributed by atoms with Crippen LogP contribution in [-0.2, 0) is 15.8 Å². The minimum absolute atomic E-state index is 0.00164. The lowest BCUT2D eigenvalue weighted by molar-refractivity contribution is 0.281. The van der Waals surface area contributed by atoms with Crippen molar-refractivity contribution in [1.82, 2.24) is 0 Å². The van der Waals surface area contributed by atoms with Crippen molar-refractivity contribution >= 4 is 15.7 Å². The van der Waals surface area contributed by atoms with E-state index in [4.69, 9.17) is 4.74 Å². The molecule has 22 heavy (non-hydrogen) atoms. The van der Waals surface area contributed by atoms with Crippen LogP contribution >= 0.6 is 0 Å². The first-order valence-corrected chi connectivity index (χ1v) is 8.88. The Balaban J connectivity index is 2.00. The number of hydrogen-bond acceptors (Lipinski definition) is 3. The van der Waals surface area contributed by atoms with Crippen LogP contribution in [0, 0.1) is 6.92 Å². The molecule has 0 fully saturated rings. The van der Waals surface area contributed by atoms with Crippen LogP contribution in [0.4, 0.5) is 5.69 Å². The summed E-state index contributed by atoms with van der Waals surface area (Å²) in [5, 5.41) is 0. The highest BCUT2D eigenvalue weighted by molar-refractivity contribution is 7.92. The molecule has 0 saturated carbocycles. The first-order valence-electron chi connectivity index (χ1n) is 7.27. The van der Waals surface area contributed by atoms with Crippen LogP contribution in [0.3, 0.4) is 0 Å². The van der Waals surface area contributed by atoms with Gasteiger partial charge >= 0.3 is 0 Å². The van der Waals surface area contributed by atoms with Gasteiger partial charge in [0, 0.05) is 0 Å². The first kappa shape index (κ1) is 14.9. The van der Waals surface area contributed by atoms with E-state index in [1.54, 1.807) is 12.1 Å². The van der Waals surface area contributed by atoms with E-state index >= 15 is 0 Å². The Morgan fingerprint density at radius 2 is 1.82 bits per heavy atom. The Bertz CT molecular complexity index is 786. The molecule has 0 spiro atoms. The van der Waals surface area contributed by atoms with Gasteiger partial charge in [-0.05, 0) is 37.1 Å². The van der Waals surface area contributed by atoms with Gasteiger partial charge in [-0.25, -0.2) is 8.42 Å². The van der Waals surface area contributed by atoms with Gasteiger partial charge in [-0.2, -0.15) is 0 Å². The lowest BCUT2D eigenvalue weighted by Crippen LogP contribution is -2.45. The summed E-state index contributed by atoms with van der Waals surface area (Å²) in [5.41, 5.74) is 2.44. The molecule has 0 amide bonds. The van der Waals surface area contributed by atoms with Crippen molar-refractivity contribution in [3.05, 3.63) is 59.7 Å². The van der Waals surface area contributed by atoms with Gasteiger partial charge in [-0.1, -0.05) is 36.4 Å². The minimum Gasteiger partial charge on any atom is -0.489 e. The predicted molar refractivity (Wildman–Crippen MR) is 87.7 cm³/mol. The largest absolute Gasteiger partial charge is 0.489 e. The summed E-state index contributed by atoms with van der Waals surface area (Å²) in [4.78, 5) is 0. The third-order valence-corrected chi connectivity index (χ3v) is 5.71. The van der Waals surface area contributed by atoms with Gasteiger partial charge in [0.15, 0.2) is 0 Å². The molecular formula is C17H19NO3S. The zero-order chi connectivity index (χ0) is 15.7. The third-order valence-electron chi connectivity index (χ3n) is 3.88. The molecule has 2 aromatic rings. The highest BCUT2D eigenvalue weighted by Crippen LogP contribution is 2.36. The van der Waals surface area contributed by atoms with E-state index in [9.17, 15) is 8.42 Å². The van der Waals surface area contributed by atoms with E-state index in [1.807, 2.05) is 50.2 Å². The zero-order valence-corrected chi connectivity index (χ0v) is 13.5. The first-order chi connectivity index (χ1) is 10.5. The molecule has 1 aliphatic rings. The topological polar surface area (TPSA) is 46.6 Å². The van der Waals surface area contributed by atoms with Crippen molar-refractivity contribution in [2.45, 2.75) is 25.6 Å². The molecule has 1 heterocycles. The number of sulfonamides is 1. The van der Waals surface area contributed by atoms with E-state index in [2.05, 4.69) is 0 Å².